The first-order chi connectivity index (χ1) is 20.8. The molecule has 2 N–H and O–H groups in total. The molecule has 1 aliphatic rings. The van der Waals surface area contributed by atoms with Crippen LogP contribution >= 0.6 is 0 Å². The second-order valence-corrected chi connectivity index (χ2v) is 10.3. The molecule has 42 heavy (non-hydrogen) atoms. The predicted octanol–water partition coefficient (Wildman–Crippen LogP) is 9.52. The molecule has 0 spiro atoms. The molecule has 6 aromatic rings. The second-order valence-electron chi connectivity index (χ2n) is 10.3. The van der Waals surface area contributed by atoms with Crippen LogP contribution < -0.4 is 10.2 Å². The topological polar surface area (TPSA) is 39.1 Å². The maximum Gasteiger partial charge on any atom is 0.0962 e. The summed E-state index contributed by atoms with van der Waals surface area (Å²) in [6.07, 6.45) is 2.20. The fourth-order valence-electron chi connectivity index (χ4n) is 5.59. The van der Waals surface area contributed by atoms with Crippen molar-refractivity contribution in [2.75, 3.05) is 4.90 Å². The molecule has 7 rings (SSSR count). The van der Waals surface area contributed by atoms with Crippen molar-refractivity contribution in [2.45, 2.75) is 0 Å². The molecule has 1 aliphatic heterocycles. The van der Waals surface area contributed by atoms with Gasteiger partial charge in [-0.2, -0.15) is 0 Å². The van der Waals surface area contributed by atoms with Gasteiger partial charge in [0.25, 0.3) is 0 Å². The molecule has 3 nitrogen and oxygen atoms in total. The van der Waals surface area contributed by atoms with E-state index in [-0.39, 0.29) is 0 Å². The zero-order valence-corrected chi connectivity index (χ0v) is 23.0. The number of hydrogen-bond acceptors (Lipinski definition) is 3. The smallest absolute Gasteiger partial charge is 0.0962 e. The minimum absolute atomic E-state index is 0.430. The monoisotopic (exact) mass is 539 g/mol. The third kappa shape index (κ3) is 4.78. The Balaban J connectivity index is 1.54. The van der Waals surface area contributed by atoms with Gasteiger partial charge in [-0.3, -0.25) is 5.41 Å². The summed E-state index contributed by atoms with van der Waals surface area (Å²) < 4.78 is 0. The lowest BCUT2D eigenvalue weighted by Crippen LogP contribution is -2.30. The molecular formula is C39H29N3. The summed E-state index contributed by atoms with van der Waals surface area (Å²) in [5.74, 6) is 0. The van der Waals surface area contributed by atoms with Crippen LogP contribution in [0.25, 0.3) is 28.2 Å². The highest BCUT2D eigenvalue weighted by atomic mass is 15.2. The van der Waals surface area contributed by atoms with Crippen molar-refractivity contribution in [3.8, 4) is 0 Å². The van der Waals surface area contributed by atoms with Gasteiger partial charge in [0.2, 0.25) is 0 Å². The predicted molar refractivity (Wildman–Crippen MR) is 177 cm³/mol. The van der Waals surface area contributed by atoms with E-state index in [2.05, 4.69) is 132 Å². The van der Waals surface area contributed by atoms with E-state index in [1.54, 1.807) is 0 Å². The molecule has 0 unspecified atom stereocenters. The van der Waals surface area contributed by atoms with Crippen molar-refractivity contribution >= 4 is 45.3 Å². The van der Waals surface area contributed by atoms with E-state index in [4.69, 9.17) is 0 Å². The zero-order valence-electron chi connectivity index (χ0n) is 23.0. The van der Waals surface area contributed by atoms with Crippen molar-refractivity contribution < 1.29 is 0 Å². The number of para-hydroxylation sites is 1. The average molecular weight is 540 g/mol. The van der Waals surface area contributed by atoms with Crippen LogP contribution in [-0.4, -0.2) is 5.71 Å². The molecule has 1 heterocycles. The average Bonchev–Trinajstić information content (AvgIpc) is 3.07. The molecular weight excluding hydrogens is 510 g/mol. The van der Waals surface area contributed by atoms with Crippen LogP contribution in [-0.2, 0) is 0 Å². The summed E-state index contributed by atoms with van der Waals surface area (Å²) in [6, 6.07) is 54.1. The molecule has 0 fully saturated rings. The number of nitrogens with zero attached hydrogens (tertiary/aromatic N) is 1. The summed E-state index contributed by atoms with van der Waals surface area (Å²) >= 11 is 0. The van der Waals surface area contributed by atoms with E-state index in [0.717, 1.165) is 56.1 Å². The molecule has 0 atom stereocenters. The highest BCUT2D eigenvalue weighted by Gasteiger charge is 2.28. The largest absolute Gasteiger partial charge is 0.353 e. The van der Waals surface area contributed by atoms with Crippen molar-refractivity contribution in [1.29, 1.82) is 5.41 Å². The lowest BCUT2D eigenvalue weighted by atomic mass is 9.93. The van der Waals surface area contributed by atoms with E-state index < -0.39 is 0 Å². The van der Waals surface area contributed by atoms with Crippen LogP contribution in [0.3, 0.4) is 0 Å². The summed E-state index contributed by atoms with van der Waals surface area (Å²) in [7, 11) is 0. The molecule has 0 saturated heterocycles. The second kappa shape index (κ2) is 11.1. The van der Waals surface area contributed by atoms with Crippen LogP contribution in [0.1, 0.15) is 22.3 Å². The Morgan fingerprint density at radius 3 is 1.93 bits per heavy atom. The van der Waals surface area contributed by atoms with Gasteiger partial charge in [0.05, 0.1) is 17.1 Å². The number of nitrogens with one attached hydrogen (secondary N) is 2. The van der Waals surface area contributed by atoms with E-state index in [1.807, 2.05) is 42.5 Å². The molecule has 0 amide bonds. The van der Waals surface area contributed by atoms with Crippen LogP contribution in [0.4, 0.5) is 11.4 Å². The van der Waals surface area contributed by atoms with E-state index >= 15 is 0 Å². The fourth-order valence-corrected chi connectivity index (χ4v) is 5.59. The number of anilines is 2. The number of fused-ring (bicyclic) bond motifs is 2. The Kier molecular flexibility index (Phi) is 6.67. The molecule has 0 radical (unpaired) electrons. The third-order valence-corrected chi connectivity index (χ3v) is 7.64. The summed E-state index contributed by atoms with van der Waals surface area (Å²) in [4.78, 5) is 2.22. The van der Waals surface area contributed by atoms with Crippen molar-refractivity contribution in [1.82, 2.24) is 5.32 Å². The summed E-state index contributed by atoms with van der Waals surface area (Å²) in [5, 5.41) is 15.9. The minimum Gasteiger partial charge on any atom is -0.353 e. The standard InChI is InChI=1S/C39H29N3/c40-37(30-17-6-2-7-18-30)39(38-35-23-13-12-20-32(35)27-36(41-38)29-15-4-1-5-16-29)42(33-21-8-3-9-22-33)34-25-24-28-14-10-11-19-31(28)26-34/h1-27,40-41H/b39-38+,40-37?. The van der Waals surface area contributed by atoms with Gasteiger partial charge in [-0.05, 0) is 52.2 Å². The zero-order chi connectivity index (χ0) is 28.3. The molecule has 3 heteroatoms. The van der Waals surface area contributed by atoms with Crippen molar-refractivity contribution in [2.24, 2.45) is 0 Å². The number of allylic oxidation sites excluding steroid dienone is 1. The Morgan fingerprint density at radius 1 is 0.548 bits per heavy atom. The van der Waals surface area contributed by atoms with Gasteiger partial charge in [-0.25, -0.2) is 0 Å². The first-order valence-electron chi connectivity index (χ1n) is 14.1. The molecule has 0 saturated carbocycles. The Hall–Kier alpha value is -5.67. The maximum absolute atomic E-state index is 9.77. The SMILES string of the molecule is N=C(/C(=C1\NC(c2ccccc2)=Cc2ccccc21)N(c1ccccc1)c1ccc2ccccc2c1)c1ccccc1. The molecule has 6 aromatic carbocycles. The van der Waals surface area contributed by atoms with E-state index in [9.17, 15) is 5.41 Å². The summed E-state index contributed by atoms with van der Waals surface area (Å²) in [6.45, 7) is 0. The highest BCUT2D eigenvalue weighted by Crippen LogP contribution is 2.39. The Morgan fingerprint density at radius 2 is 1.17 bits per heavy atom. The van der Waals surface area contributed by atoms with Gasteiger partial charge in [-0.1, -0.05) is 133 Å². The Labute approximate surface area is 246 Å². The quantitative estimate of drug-likeness (QED) is 0.207. The lowest BCUT2D eigenvalue weighted by molar-refractivity contribution is 1.14. The molecule has 0 bridgehead atoms. The number of hydrogen-bond donors (Lipinski definition) is 2. The first-order valence-corrected chi connectivity index (χ1v) is 14.1. The van der Waals surface area contributed by atoms with Crippen LogP contribution in [0.2, 0.25) is 0 Å². The van der Waals surface area contributed by atoms with Crippen LogP contribution in [0.15, 0.2) is 163 Å². The number of rotatable bonds is 6. The molecule has 0 aromatic heterocycles. The Bertz CT molecular complexity index is 1960. The van der Waals surface area contributed by atoms with Crippen LogP contribution in [0, 0.1) is 5.41 Å². The molecule has 0 aliphatic carbocycles. The summed E-state index contributed by atoms with van der Waals surface area (Å²) in [5.41, 5.74) is 9.14. The molecule has 200 valence electrons. The maximum atomic E-state index is 9.77. The third-order valence-electron chi connectivity index (χ3n) is 7.64. The van der Waals surface area contributed by atoms with Gasteiger partial charge in [0, 0.05) is 28.2 Å². The normalized spacial score (nSPS) is 13.5. The number of benzene rings is 6. The van der Waals surface area contributed by atoms with Crippen molar-refractivity contribution in [3.63, 3.8) is 0 Å². The van der Waals surface area contributed by atoms with Gasteiger partial charge >= 0.3 is 0 Å². The lowest BCUT2D eigenvalue weighted by Gasteiger charge is -2.33. The minimum atomic E-state index is 0.430. The highest BCUT2D eigenvalue weighted by molar-refractivity contribution is 6.19. The van der Waals surface area contributed by atoms with Crippen LogP contribution in [0.5, 0.6) is 0 Å². The van der Waals surface area contributed by atoms with E-state index in [0.29, 0.717) is 5.71 Å². The fraction of sp³-hybridized carbons (Fsp3) is 0. The van der Waals surface area contributed by atoms with Gasteiger partial charge in [0.1, 0.15) is 0 Å². The van der Waals surface area contributed by atoms with Gasteiger partial charge < -0.3 is 10.2 Å². The van der Waals surface area contributed by atoms with Crippen molar-refractivity contribution in [3.05, 3.63) is 186 Å². The van der Waals surface area contributed by atoms with Gasteiger partial charge in [0.15, 0.2) is 0 Å². The first kappa shape index (κ1) is 25.3. The van der Waals surface area contributed by atoms with E-state index in [1.165, 1.54) is 5.39 Å². The van der Waals surface area contributed by atoms with Gasteiger partial charge in [-0.15, -0.1) is 0 Å².